The summed E-state index contributed by atoms with van der Waals surface area (Å²) in [5.41, 5.74) is 0. The van der Waals surface area contributed by atoms with E-state index in [-0.39, 0.29) is 17.8 Å². The molecule has 0 aromatic rings. The van der Waals surface area contributed by atoms with Gasteiger partial charge in [0.1, 0.15) is 0 Å². The van der Waals surface area contributed by atoms with Gasteiger partial charge in [0.05, 0.1) is 14.0 Å². The molecule has 2 radical (unpaired) electrons. The van der Waals surface area contributed by atoms with Crippen molar-refractivity contribution >= 4 is 7.85 Å². The summed E-state index contributed by atoms with van der Waals surface area (Å²) in [7, 11) is 5.88. The summed E-state index contributed by atoms with van der Waals surface area (Å²) < 4.78 is 0. The molecule has 1 N–H and O–H groups in total. The maximum Gasteiger partial charge on any atom is 0.228 e. The van der Waals surface area contributed by atoms with E-state index < -0.39 is 6.10 Å². The maximum atomic E-state index is 9.58. The normalized spacial score (nSPS) is 35.8. The van der Waals surface area contributed by atoms with Crippen molar-refractivity contribution in [2.24, 2.45) is 5.92 Å². The summed E-state index contributed by atoms with van der Waals surface area (Å²) in [6.07, 6.45) is 7.33. The van der Waals surface area contributed by atoms with Gasteiger partial charge in [-0.1, -0.05) is 25.5 Å². The molecular formula is C12H18BNO. The minimum Gasteiger partial charge on any atom is -0.393 e. The average Bonchev–Trinajstić information content (AvgIpc) is 2.51. The van der Waals surface area contributed by atoms with E-state index in [1.165, 1.54) is 0 Å². The van der Waals surface area contributed by atoms with E-state index in [0.717, 1.165) is 19.3 Å². The summed E-state index contributed by atoms with van der Waals surface area (Å²) in [6.45, 7) is 9.20. The molecule has 4 unspecified atom stereocenters. The molecule has 1 aliphatic carbocycles. The second kappa shape index (κ2) is 5.97. The lowest BCUT2D eigenvalue weighted by Gasteiger charge is -2.14. The SMILES string of the molecule is [B]C1C(O)CC([N+]#[C-])C1C/C=C\CCC. The summed E-state index contributed by atoms with van der Waals surface area (Å²) in [6, 6.07) is -0.0960. The first-order valence-corrected chi connectivity index (χ1v) is 5.66. The number of unbranched alkanes of at least 4 members (excludes halogenated alkanes) is 1. The van der Waals surface area contributed by atoms with Gasteiger partial charge >= 0.3 is 0 Å². The van der Waals surface area contributed by atoms with Crippen LogP contribution in [0.25, 0.3) is 4.85 Å². The molecule has 2 nitrogen and oxygen atoms in total. The van der Waals surface area contributed by atoms with E-state index in [4.69, 9.17) is 14.4 Å². The minimum atomic E-state index is -0.492. The molecule has 0 aromatic carbocycles. The van der Waals surface area contributed by atoms with Gasteiger partial charge in [0.25, 0.3) is 0 Å². The van der Waals surface area contributed by atoms with Gasteiger partial charge < -0.3 is 9.95 Å². The van der Waals surface area contributed by atoms with E-state index >= 15 is 0 Å². The quantitative estimate of drug-likeness (QED) is 0.423. The molecule has 1 rings (SSSR count). The first-order valence-electron chi connectivity index (χ1n) is 5.66. The van der Waals surface area contributed by atoms with Crippen LogP contribution < -0.4 is 0 Å². The molecule has 1 fully saturated rings. The zero-order valence-corrected chi connectivity index (χ0v) is 9.26. The molecule has 0 aliphatic heterocycles. The van der Waals surface area contributed by atoms with Crippen molar-refractivity contribution in [2.75, 3.05) is 0 Å². The first-order chi connectivity index (χ1) is 7.20. The highest BCUT2D eigenvalue weighted by atomic mass is 16.3. The van der Waals surface area contributed by atoms with Crippen LogP contribution in [0.4, 0.5) is 0 Å². The van der Waals surface area contributed by atoms with Gasteiger partial charge in [0.15, 0.2) is 0 Å². The molecule has 0 heterocycles. The van der Waals surface area contributed by atoms with Crippen molar-refractivity contribution in [1.29, 1.82) is 0 Å². The van der Waals surface area contributed by atoms with Crippen LogP contribution in [0.3, 0.4) is 0 Å². The third kappa shape index (κ3) is 3.10. The Bertz CT molecular complexity index is 259. The van der Waals surface area contributed by atoms with Gasteiger partial charge in [0.2, 0.25) is 6.04 Å². The smallest absolute Gasteiger partial charge is 0.228 e. The largest absolute Gasteiger partial charge is 0.393 e. The Morgan fingerprint density at radius 1 is 1.53 bits per heavy atom. The molecule has 0 saturated heterocycles. The fourth-order valence-corrected chi connectivity index (χ4v) is 2.12. The molecule has 0 aromatic heterocycles. The minimum absolute atomic E-state index is 0.0960. The lowest BCUT2D eigenvalue weighted by Crippen LogP contribution is -2.15. The van der Waals surface area contributed by atoms with Crippen LogP contribution in [0.5, 0.6) is 0 Å². The van der Waals surface area contributed by atoms with E-state index in [0.29, 0.717) is 6.42 Å². The van der Waals surface area contributed by atoms with Gasteiger partial charge in [0, 0.05) is 12.3 Å². The molecule has 4 atom stereocenters. The predicted molar refractivity (Wildman–Crippen MR) is 62.7 cm³/mol. The zero-order chi connectivity index (χ0) is 11.3. The summed E-state index contributed by atoms with van der Waals surface area (Å²) >= 11 is 0. The molecule has 3 heteroatoms. The van der Waals surface area contributed by atoms with Gasteiger partial charge in [-0.3, -0.25) is 0 Å². The molecular weight excluding hydrogens is 185 g/mol. The average molecular weight is 203 g/mol. The molecule has 1 saturated carbocycles. The number of hydrogen-bond donors (Lipinski definition) is 1. The molecule has 0 spiro atoms. The van der Waals surface area contributed by atoms with Crippen molar-refractivity contribution in [2.45, 2.75) is 50.6 Å². The second-order valence-corrected chi connectivity index (χ2v) is 4.24. The highest BCUT2D eigenvalue weighted by Crippen LogP contribution is 2.39. The summed E-state index contributed by atoms with van der Waals surface area (Å²) in [5.74, 6) is -0.0963. The van der Waals surface area contributed by atoms with Crippen molar-refractivity contribution in [3.8, 4) is 0 Å². The lowest BCUT2D eigenvalue weighted by molar-refractivity contribution is 0.178. The van der Waals surface area contributed by atoms with Crippen molar-refractivity contribution < 1.29 is 5.11 Å². The number of hydrogen-bond acceptors (Lipinski definition) is 1. The lowest BCUT2D eigenvalue weighted by atomic mass is 9.75. The Morgan fingerprint density at radius 2 is 2.27 bits per heavy atom. The topological polar surface area (TPSA) is 24.6 Å². The molecule has 0 bridgehead atoms. The van der Waals surface area contributed by atoms with Crippen LogP contribution in [-0.2, 0) is 0 Å². The van der Waals surface area contributed by atoms with E-state index in [1.807, 2.05) is 0 Å². The molecule has 1 aliphatic rings. The van der Waals surface area contributed by atoms with Crippen LogP contribution in [0.2, 0.25) is 5.82 Å². The summed E-state index contributed by atoms with van der Waals surface area (Å²) in [4.78, 5) is 3.54. The fraction of sp³-hybridized carbons (Fsp3) is 0.750. The monoisotopic (exact) mass is 203 g/mol. The highest BCUT2D eigenvalue weighted by molar-refractivity contribution is 6.12. The van der Waals surface area contributed by atoms with Gasteiger partial charge in [-0.05, 0) is 18.7 Å². The van der Waals surface area contributed by atoms with Crippen LogP contribution in [-0.4, -0.2) is 25.1 Å². The van der Waals surface area contributed by atoms with E-state index in [2.05, 4.69) is 23.9 Å². The molecule has 15 heavy (non-hydrogen) atoms. The van der Waals surface area contributed by atoms with Gasteiger partial charge in [-0.2, -0.15) is 0 Å². The Kier molecular flexibility index (Phi) is 4.91. The standard InChI is InChI=1S/C12H18BNO/c1-3-4-5-6-7-9-10(14-2)8-11(15)12(9)13/h5-6,9-12,15H,3-4,7-8H2,1H3/b6-5-. The number of nitrogens with zero attached hydrogens (tertiary/aromatic N) is 1. The van der Waals surface area contributed by atoms with Crippen LogP contribution in [0, 0.1) is 12.5 Å². The second-order valence-electron chi connectivity index (χ2n) is 4.24. The third-order valence-corrected chi connectivity index (χ3v) is 3.11. The Balaban J connectivity index is 2.48. The van der Waals surface area contributed by atoms with E-state index in [1.54, 1.807) is 0 Å². The Hall–Kier alpha value is -0.745. The van der Waals surface area contributed by atoms with Crippen LogP contribution >= 0.6 is 0 Å². The molecule has 0 amide bonds. The Labute approximate surface area is 93.6 Å². The van der Waals surface area contributed by atoms with Crippen molar-refractivity contribution in [3.05, 3.63) is 23.6 Å². The molecule has 80 valence electrons. The number of aliphatic hydroxyl groups excluding tert-OH is 1. The van der Waals surface area contributed by atoms with Crippen LogP contribution in [0.15, 0.2) is 12.2 Å². The summed E-state index contributed by atoms with van der Waals surface area (Å²) in [5, 5.41) is 9.58. The van der Waals surface area contributed by atoms with Crippen molar-refractivity contribution in [3.63, 3.8) is 0 Å². The number of aliphatic hydroxyl groups is 1. The van der Waals surface area contributed by atoms with Gasteiger partial charge in [-0.25, -0.2) is 6.57 Å². The zero-order valence-electron chi connectivity index (χ0n) is 9.26. The number of rotatable bonds is 4. The highest BCUT2D eigenvalue weighted by Gasteiger charge is 2.42. The first kappa shape index (κ1) is 12.3. The van der Waals surface area contributed by atoms with Gasteiger partial charge in [-0.15, -0.1) is 0 Å². The van der Waals surface area contributed by atoms with Crippen LogP contribution in [0.1, 0.15) is 32.6 Å². The third-order valence-electron chi connectivity index (χ3n) is 3.11. The van der Waals surface area contributed by atoms with E-state index in [9.17, 15) is 5.11 Å². The number of allylic oxidation sites excluding steroid dienone is 2. The Morgan fingerprint density at radius 3 is 2.87 bits per heavy atom. The fourth-order valence-electron chi connectivity index (χ4n) is 2.12. The van der Waals surface area contributed by atoms with Crippen molar-refractivity contribution in [1.82, 2.24) is 0 Å². The predicted octanol–water partition coefficient (Wildman–Crippen LogP) is 2.36. The maximum absolute atomic E-state index is 9.58.